The number of benzene rings is 2. The zero-order valence-electron chi connectivity index (χ0n) is 20.0. The first-order valence-corrected chi connectivity index (χ1v) is 12.3. The van der Waals surface area contributed by atoms with Crippen LogP contribution in [0.2, 0.25) is 0 Å². The average molecular weight is 470 g/mol. The predicted molar refractivity (Wildman–Crippen MR) is 140 cm³/mol. The first-order chi connectivity index (χ1) is 16.3. The van der Waals surface area contributed by atoms with Gasteiger partial charge in [-0.3, -0.25) is 9.59 Å². The minimum absolute atomic E-state index is 0.00445. The van der Waals surface area contributed by atoms with Crippen molar-refractivity contribution in [1.29, 1.82) is 0 Å². The molecule has 0 aliphatic heterocycles. The van der Waals surface area contributed by atoms with E-state index < -0.39 is 0 Å². The number of hydrogen-bond donors (Lipinski definition) is 0. The van der Waals surface area contributed by atoms with E-state index in [2.05, 4.69) is 65.9 Å². The van der Waals surface area contributed by atoms with Crippen LogP contribution in [0, 0.1) is 20.8 Å². The standard InChI is InChI=1S/C28H27N3O2S/c1-16(2)24-18(4)29-28-31(27(24)33)26(32)23(34-28)14-22-19(5)30(15-20-11-7-6-8-12-20)25-17(3)10-9-13-21(22)25/h6-14,16H,15H2,1-5H3/b23-14-. The average Bonchev–Trinajstić information content (AvgIpc) is 3.24. The molecule has 0 saturated heterocycles. The minimum atomic E-state index is -0.296. The largest absolute Gasteiger partial charge is 0.340 e. The molecule has 0 unspecified atom stereocenters. The van der Waals surface area contributed by atoms with Gasteiger partial charge in [0.15, 0.2) is 0 Å². The number of para-hydroxylation sites is 1. The molecule has 6 heteroatoms. The van der Waals surface area contributed by atoms with Crippen molar-refractivity contribution in [2.45, 2.75) is 47.1 Å². The third-order valence-electron chi connectivity index (χ3n) is 6.52. The van der Waals surface area contributed by atoms with Gasteiger partial charge in [0.25, 0.3) is 11.1 Å². The van der Waals surface area contributed by atoms with Crippen LogP contribution >= 0.6 is 11.3 Å². The Kier molecular flexibility index (Phi) is 5.48. The Morgan fingerprint density at radius 1 is 0.971 bits per heavy atom. The van der Waals surface area contributed by atoms with Crippen molar-refractivity contribution in [3.05, 3.63) is 107 Å². The topological polar surface area (TPSA) is 56.4 Å². The van der Waals surface area contributed by atoms with E-state index in [1.54, 1.807) is 0 Å². The summed E-state index contributed by atoms with van der Waals surface area (Å²) in [5, 5.41) is 1.10. The van der Waals surface area contributed by atoms with Gasteiger partial charge >= 0.3 is 0 Å². The van der Waals surface area contributed by atoms with Crippen LogP contribution in [0.4, 0.5) is 0 Å². The fraction of sp³-hybridized carbons (Fsp3) is 0.250. The maximum absolute atomic E-state index is 13.3. The van der Waals surface area contributed by atoms with Gasteiger partial charge < -0.3 is 4.57 Å². The van der Waals surface area contributed by atoms with Crippen LogP contribution in [0.15, 0.2) is 58.1 Å². The molecule has 0 atom stereocenters. The van der Waals surface area contributed by atoms with Gasteiger partial charge in [0, 0.05) is 34.4 Å². The zero-order chi connectivity index (χ0) is 24.1. The molecule has 0 aliphatic rings. The molecule has 5 nitrogen and oxygen atoms in total. The number of hydrogen-bond acceptors (Lipinski definition) is 4. The van der Waals surface area contributed by atoms with Crippen LogP contribution in [0.1, 0.15) is 53.4 Å². The third-order valence-corrected chi connectivity index (χ3v) is 7.49. The first-order valence-electron chi connectivity index (χ1n) is 11.5. The van der Waals surface area contributed by atoms with E-state index in [1.807, 2.05) is 32.9 Å². The van der Waals surface area contributed by atoms with Crippen LogP contribution < -0.4 is 15.7 Å². The maximum Gasteiger partial charge on any atom is 0.277 e. The summed E-state index contributed by atoms with van der Waals surface area (Å²) in [6.45, 7) is 10.7. The van der Waals surface area contributed by atoms with Gasteiger partial charge in [0.2, 0.25) is 4.96 Å². The minimum Gasteiger partial charge on any atom is -0.340 e. The fourth-order valence-corrected chi connectivity index (χ4v) is 5.88. The lowest BCUT2D eigenvalue weighted by Crippen LogP contribution is -2.33. The normalized spacial score (nSPS) is 12.5. The number of thiazole rings is 1. The molecule has 2 aromatic carbocycles. The zero-order valence-corrected chi connectivity index (χ0v) is 20.9. The highest BCUT2D eigenvalue weighted by Gasteiger charge is 2.18. The van der Waals surface area contributed by atoms with E-state index in [9.17, 15) is 9.59 Å². The monoisotopic (exact) mass is 469 g/mol. The second-order valence-electron chi connectivity index (χ2n) is 9.15. The van der Waals surface area contributed by atoms with Gasteiger partial charge in [-0.1, -0.05) is 73.7 Å². The summed E-state index contributed by atoms with van der Waals surface area (Å²) in [4.78, 5) is 31.5. The smallest absolute Gasteiger partial charge is 0.277 e. The summed E-state index contributed by atoms with van der Waals surface area (Å²) in [7, 11) is 0. The van der Waals surface area contributed by atoms with Crippen molar-refractivity contribution in [2.24, 2.45) is 0 Å². The molecule has 0 aliphatic carbocycles. The summed E-state index contributed by atoms with van der Waals surface area (Å²) < 4.78 is 4.07. The van der Waals surface area contributed by atoms with Gasteiger partial charge in [-0.05, 0) is 43.9 Å². The highest BCUT2D eigenvalue weighted by Crippen LogP contribution is 2.30. The summed E-state index contributed by atoms with van der Waals surface area (Å²) in [6.07, 6.45) is 1.93. The van der Waals surface area contributed by atoms with Gasteiger partial charge in [-0.2, -0.15) is 0 Å². The molecule has 172 valence electrons. The number of aryl methyl sites for hydroxylation is 2. The van der Waals surface area contributed by atoms with Gasteiger partial charge in [0.1, 0.15) is 0 Å². The van der Waals surface area contributed by atoms with E-state index in [0.717, 1.165) is 28.7 Å². The van der Waals surface area contributed by atoms with Gasteiger partial charge in [0.05, 0.1) is 10.0 Å². The van der Waals surface area contributed by atoms with E-state index >= 15 is 0 Å². The molecule has 0 saturated carbocycles. The SMILES string of the molecule is Cc1nc2s/c(=C\c3c(C)n(Cc4ccccc4)c4c(C)cccc34)c(=O)n2c(=O)c1C(C)C. The highest BCUT2D eigenvalue weighted by molar-refractivity contribution is 7.15. The molecular weight excluding hydrogens is 442 g/mol. The molecule has 5 rings (SSSR count). The molecule has 0 radical (unpaired) electrons. The number of fused-ring (bicyclic) bond motifs is 2. The van der Waals surface area contributed by atoms with Gasteiger partial charge in [-0.25, -0.2) is 9.38 Å². The molecule has 3 heterocycles. The summed E-state index contributed by atoms with van der Waals surface area (Å²) >= 11 is 1.28. The van der Waals surface area contributed by atoms with E-state index in [0.29, 0.717) is 20.8 Å². The Morgan fingerprint density at radius 2 is 1.71 bits per heavy atom. The fourth-order valence-electron chi connectivity index (χ4n) is 4.89. The lowest BCUT2D eigenvalue weighted by molar-refractivity contribution is 0.801. The molecular formula is C28H27N3O2S. The molecule has 0 spiro atoms. The summed E-state index contributed by atoms with van der Waals surface area (Å²) in [5.74, 6) is 0.00445. The predicted octanol–water partition coefficient (Wildman–Crippen LogP) is 4.72. The van der Waals surface area contributed by atoms with E-state index in [1.165, 1.54) is 26.9 Å². The second-order valence-corrected chi connectivity index (χ2v) is 10.2. The van der Waals surface area contributed by atoms with Crippen LogP contribution in [0.3, 0.4) is 0 Å². The summed E-state index contributed by atoms with van der Waals surface area (Å²) in [5.41, 5.74) is 6.41. The molecule has 0 bridgehead atoms. The lowest BCUT2D eigenvalue weighted by Gasteiger charge is -2.10. The van der Waals surface area contributed by atoms with Crippen LogP contribution in [0.5, 0.6) is 0 Å². The molecule has 34 heavy (non-hydrogen) atoms. The Balaban J connectivity index is 1.79. The van der Waals surface area contributed by atoms with Crippen molar-refractivity contribution >= 4 is 33.3 Å². The van der Waals surface area contributed by atoms with Crippen molar-refractivity contribution < 1.29 is 0 Å². The molecule has 5 aromatic rings. The van der Waals surface area contributed by atoms with Crippen molar-refractivity contribution in [1.82, 2.24) is 14.0 Å². The van der Waals surface area contributed by atoms with Crippen LogP contribution in [-0.4, -0.2) is 14.0 Å². The number of aromatic nitrogens is 3. The maximum atomic E-state index is 13.3. The van der Waals surface area contributed by atoms with Gasteiger partial charge in [-0.15, -0.1) is 0 Å². The summed E-state index contributed by atoms with van der Waals surface area (Å²) in [6, 6.07) is 16.6. The van der Waals surface area contributed by atoms with Crippen LogP contribution in [-0.2, 0) is 6.54 Å². The Morgan fingerprint density at radius 3 is 2.41 bits per heavy atom. The Bertz CT molecular complexity index is 1720. The van der Waals surface area contributed by atoms with Crippen molar-refractivity contribution in [3.63, 3.8) is 0 Å². The highest BCUT2D eigenvalue weighted by atomic mass is 32.1. The molecule has 0 fully saturated rings. The lowest BCUT2D eigenvalue weighted by atomic mass is 10.0. The Hall–Kier alpha value is -3.51. The van der Waals surface area contributed by atoms with Crippen molar-refractivity contribution in [2.75, 3.05) is 0 Å². The van der Waals surface area contributed by atoms with Crippen molar-refractivity contribution in [3.8, 4) is 0 Å². The molecule has 3 aromatic heterocycles. The second kappa shape index (κ2) is 8.37. The number of rotatable bonds is 4. The molecule has 0 amide bonds. The quantitative estimate of drug-likeness (QED) is 0.383. The van der Waals surface area contributed by atoms with Crippen LogP contribution in [0.25, 0.3) is 21.9 Å². The van der Waals surface area contributed by atoms with E-state index in [4.69, 9.17) is 0 Å². The Labute approximate surface area is 201 Å². The molecule has 0 N–H and O–H groups in total. The first kappa shape index (κ1) is 22.3. The number of nitrogens with zero attached hydrogens (tertiary/aromatic N) is 3. The van der Waals surface area contributed by atoms with E-state index in [-0.39, 0.29) is 17.0 Å². The third kappa shape index (κ3) is 3.49.